The maximum atomic E-state index is 6.43. The summed E-state index contributed by atoms with van der Waals surface area (Å²) < 4.78 is 13.3. The van der Waals surface area contributed by atoms with Gasteiger partial charge < -0.3 is 9.47 Å². The highest BCUT2D eigenvalue weighted by molar-refractivity contribution is 9.11. The SMILES string of the molecule is COC1CCC(C2=C[C@H]3CC[C@H](OC(C)(C)C)[C@@]3(C)CC2)=C(Br)C1. The zero-order valence-electron chi connectivity index (χ0n) is 16.0. The molecule has 0 aliphatic heterocycles. The lowest BCUT2D eigenvalue weighted by Gasteiger charge is -2.42. The van der Waals surface area contributed by atoms with Gasteiger partial charge >= 0.3 is 0 Å². The van der Waals surface area contributed by atoms with Crippen LogP contribution in [0.15, 0.2) is 21.7 Å². The van der Waals surface area contributed by atoms with Gasteiger partial charge in [0, 0.05) is 23.4 Å². The highest BCUT2D eigenvalue weighted by Gasteiger charge is 2.49. The van der Waals surface area contributed by atoms with E-state index in [2.05, 4.69) is 49.7 Å². The molecule has 0 aromatic heterocycles. The molecule has 136 valence electrons. The van der Waals surface area contributed by atoms with Crippen molar-refractivity contribution >= 4 is 15.9 Å². The minimum atomic E-state index is -0.0450. The molecule has 4 atom stereocenters. The Bertz CT molecular complexity index is 543. The predicted octanol–water partition coefficient (Wildman–Crippen LogP) is 6.15. The third kappa shape index (κ3) is 3.68. The highest BCUT2D eigenvalue weighted by atomic mass is 79.9. The van der Waals surface area contributed by atoms with Crippen LogP contribution in [0.3, 0.4) is 0 Å². The van der Waals surface area contributed by atoms with Crippen molar-refractivity contribution < 1.29 is 9.47 Å². The molecular weight excluding hydrogens is 364 g/mol. The number of hydrogen-bond donors (Lipinski definition) is 0. The van der Waals surface area contributed by atoms with E-state index in [1.165, 1.54) is 30.2 Å². The average molecular weight is 397 g/mol. The molecule has 3 aliphatic carbocycles. The fourth-order valence-electron chi connectivity index (χ4n) is 4.85. The van der Waals surface area contributed by atoms with Gasteiger partial charge in [0.25, 0.3) is 0 Å². The van der Waals surface area contributed by atoms with Crippen molar-refractivity contribution in [2.45, 2.75) is 90.4 Å². The Kier molecular flexibility index (Phi) is 5.36. The summed E-state index contributed by atoms with van der Waals surface area (Å²) in [6.07, 6.45) is 11.6. The standard InChI is InChI=1S/C21H33BrO2/c1-20(2,3)24-19-9-6-15-12-14(10-11-21(15,19)4)17-8-7-16(23-5)13-18(17)22/h12,15-16,19H,6-11,13H2,1-5H3/t15-,16?,19+,21+/m1/s1. The Morgan fingerprint density at radius 1 is 1.17 bits per heavy atom. The van der Waals surface area contributed by atoms with Gasteiger partial charge in [-0.2, -0.15) is 0 Å². The molecule has 3 heteroatoms. The molecule has 0 bridgehead atoms. The first-order valence-corrected chi connectivity index (χ1v) is 10.3. The molecule has 0 amide bonds. The maximum absolute atomic E-state index is 6.43. The Labute approximate surface area is 156 Å². The number of allylic oxidation sites excluding steroid dienone is 3. The summed E-state index contributed by atoms with van der Waals surface area (Å²) in [7, 11) is 1.83. The highest BCUT2D eigenvalue weighted by Crippen LogP contribution is 2.54. The van der Waals surface area contributed by atoms with Crippen molar-refractivity contribution in [1.82, 2.24) is 0 Å². The first-order chi connectivity index (χ1) is 11.2. The van der Waals surface area contributed by atoms with Crippen LogP contribution >= 0.6 is 15.9 Å². The summed E-state index contributed by atoms with van der Waals surface area (Å²) in [6, 6.07) is 0. The Morgan fingerprint density at radius 3 is 2.54 bits per heavy atom. The largest absolute Gasteiger partial charge is 0.381 e. The molecule has 3 aliphatic rings. The molecule has 0 saturated heterocycles. The summed E-state index contributed by atoms with van der Waals surface area (Å²) in [4.78, 5) is 0. The summed E-state index contributed by atoms with van der Waals surface area (Å²) >= 11 is 3.84. The molecule has 24 heavy (non-hydrogen) atoms. The van der Waals surface area contributed by atoms with E-state index in [1.807, 2.05) is 7.11 Å². The minimum absolute atomic E-state index is 0.0450. The van der Waals surface area contributed by atoms with Gasteiger partial charge in [0.05, 0.1) is 17.8 Å². The number of hydrogen-bond acceptors (Lipinski definition) is 2. The van der Waals surface area contributed by atoms with Crippen LogP contribution < -0.4 is 0 Å². The van der Waals surface area contributed by atoms with Crippen LogP contribution in [0.5, 0.6) is 0 Å². The summed E-state index contributed by atoms with van der Waals surface area (Å²) in [6.45, 7) is 9.01. The van der Waals surface area contributed by atoms with E-state index >= 15 is 0 Å². The van der Waals surface area contributed by atoms with E-state index in [0.717, 1.165) is 19.3 Å². The van der Waals surface area contributed by atoms with Crippen LogP contribution in [-0.4, -0.2) is 24.9 Å². The van der Waals surface area contributed by atoms with Gasteiger partial charge in [0.2, 0.25) is 0 Å². The Morgan fingerprint density at radius 2 is 1.92 bits per heavy atom. The van der Waals surface area contributed by atoms with E-state index in [4.69, 9.17) is 9.47 Å². The molecule has 3 rings (SSSR count). The maximum Gasteiger partial charge on any atom is 0.0641 e. The van der Waals surface area contributed by atoms with Gasteiger partial charge in [-0.25, -0.2) is 0 Å². The Hall–Kier alpha value is -0.120. The second-order valence-electron chi connectivity index (χ2n) is 9.08. The molecule has 1 saturated carbocycles. The van der Waals surface area contributed by atoms with Crippen molar-refractivity contribution in [3.8, 4) is 0 Å². The van der Waals surface area contributed by atoms with Crippen molar-refractivity contribution in [2.24, 2.45) is 11.3 Å². The zero-order valence-corrected chi connectivity index (χ0v) is 17.5. The molecule has 0 aromatic rings. The first kappa shape index (κ1) is 18.7. The van der Waals surface area contributed by atoms with Gasteiger partial charge in [0.1, 0.15) is 0 Å². The quantitative estimate of drug-likeness (QED) is 0.568. The van der Waals surface area contributed by atoms with Gasteiger partial charge in [-0.05, 0) is 76.4 Å². The second-order valence-corrected chi connectivity index (χ2v) is 10.0. The third-order valence-corrected chi connectivity index (χ3v) is 7.13. The van der Waals surface area contributed by atoms with E-state index in [-0.39, 0.29) is 5.60 Å². The number of halogens is 1. The molecule has 0 spiro atoms. The van der Waals surface area contributed by atoms with Crippen LogP contribution in [-0.2, 0) is 9.47 Å². The van der Waals surface area contributed by atoms with E-state index in [9.17, 15) is 0 Å². The first-order valence-electron chi connectivity index (χ1n) is 9.52. The average Bonchev–Trinajstić information content (AvgIpc) is 2.81. The molecule has 1 unspecified atom stereocenters. The van der Waals surface area contributed by atoms with E-state index in [1.54, 1.807) is 11.1 Å². The van der Waals surface area contributed by atoms with Gasteiger partial charge in [-0.15, -0.1) is 0 Å². The zero-order chi connectivity index (χ0) is 17.5. The lowest BCUT2D eigenvalue weighted by molar-refractivity contribution is -0.109. The molecule has 0 radical (unpaired) electrons. The van der Waals surface area contributed by atoms with Gasteiger partial charge in [0.15, 0.2) is 0 Å². The van der Waals surface area contributed by atoms with E-state index < -0.39 is 0 Å². The Balaban J connectivity index is 1.78. The van der Waals surface area contributed by atoms with Crippen LogP contribution in [0.2, 0.25) is 0 Å². The third-order valence-electron chi connectivity index (χ3n) is 6.33. The number of fused-ring (bicyclic) bond motifs is 1. The molecule has 1 fully saturated rings. The van der Waals surface area contributed by atoms with Crippen LogP contribution in [0.1, 0.15) is 72.6 Å². The van der Waals surface area contributed by atoms with Gasteiger partial charge in [-0.3, -0.25) is 0 Å². The lowest BCUT2D eigenvalue weighted by Crippen LogP contribution is -2.40. The fourth-order valence-corrected chi connectivity index (χ4v) is 5.67. The summed E-state index contributed by atoms with van der Waals surface area (Å²) in [5, 5.41) is 0. The number of ether oxygens (including phenoxy) is 2. The van der Waals surface area contributed by atoms with Gasteiger partial charge in [-0.1, -0.05) is 28.9 Å². The van der Waals surface area contributed by atoms with E-state index in [0.29, 0.717) is 23.5 Å². The van der Waals surface area contributed by atoms with Crippen LogP contribution in [0, 0.1) is 11.3 Å². The monoisotopic (exact) mass is 396 g/mol. The second kappa shape index (κ2) is 6.89. The molecule has 2 nitrogen and oxygen atoms in total. The normalized spacial score (nSPS) is 37.4. The number of methoxy groups -OCH3 is 1. The summed E-state index contributed by atoms with van der Waals surface area (Å²) in [5.74, 6) is 0.668. The van der Waals surface area contributed by atoms with Crippen molar-refractivity contribution in [2.75, 3.05) is 7.11 Å². The van der Waals surface area contributed by atoms with Crippen molar-refractivity contribution in [3.05, 3.63) is 21.7 Å². The van der Waals surface area contributed by atoms with Crippen LogP contribution in [0.25, 0.3) is 0 Å². The van der Waals surface area contributed by atoms with Crippen molar-refractivity contribution in [3.63, 3.8) is 0 Å². The minimum Gasteiger partial charge on any atom is -0.381 e. The van der Waals surface area contributed by atoms with Crippen LogP contribution in [0.4, 0.5) is 0 Å². The molecular formula is C21H33BrO2. The smallest absolute Gasteiger partial charge is 0.0641 e. The predicted molar refractivity (Wildman–Crippen MR) is 103 cm³/mol. The lowest BCUT2D eigenvalue weighted by atomic mass is 9.68. The molecule has 0 N–H and O–H groups in total. The molecule has 0 aromatic carbocycles. The molecule has 0 heterocycles. The topological polar surface area (TPSA) is 18.5 Å². The van der Waals surface area contributed by atoms with Crippen molar-refractivity contribution in [1.29, 1.82) is 0 Å². The fraction of sp³-hybridized carbons (Fsp3) is 0.810. The summed E-state index contributed by atoms with van der Waals surface area (Å²) in [5.41, 5.74) is 3.42. The number of rotatable bonds is 3.